The fourth-order valence-corrected chi connectivity index (χ4v) is 1.75. The fraction of sp³-hybridized carbons (Fsp3) is 0.818. The standard InChI is InChI=1S/C11H16O/c1-11(2,3)5-4-8-9-6-12-7-10(8)9/h8-10H,6-7H2,1-3H3. The van der Waals surface area contributed by atoms with E-state index in [4.69, 9.17) is 4.74 Å². The van der Waals surface area contributed by atoms with E-state index in [0.717, 1.165) is 25.0 Å². The molecule has 2 rings (SSSR count). The molecule has 1 saturated carbocycles. The van der Waals surface area contributed by atoms with Crippen molar-refractivity contribution in [3.8, 4) is 11.8 Å². The van der Waals surface area contributed by atoms with Gasteiger partial charge in [-0.05, 0) is 20.8 Å². The lowest BCUT2D eigenvalue weighted by Gasteiger charge is -2.07. The minimum Gasteiger partial charge on any atom is -0.381 e. The Bertz CT molecular complexity index is 228. The van der Waals surface area contributed by atoms with E-state index in [0.29, 0.717) is 5.92 Å². The zero-order valence-electron chi connectivity index (χ0n) is 8.05. The van der Waals surface area contributed by atoms with Crippen molar-refractivity contribution in [1.29, 1.82) is 0 Å². The summed E-state index contributed by atoms with van der Waals surface area (Å²) in [5.41, 5.74) is 0.164. The third-order valence-corrected chi connectivity index (χ3v) is 2.57. The molecule has 0 aromatic carbocycles. The molecule has 2 fully saturated rings. The highest BCUT2D eigenvalue weighted by atomic mass is 16.5. The van der Waals surface area contributed by atoms with Gasteiger partial charge in [0.2, 0.25) is 0 Å². The van der Waals surface area contributed by atoms with E-state index < -0.39 is 0 Å². The quantitative estimate of drug-likeness (QED) is 0.497. The first kappa shape index (κ1) is 8.13. The van der Waals surface area contributed by atoms with Gasteiger partial charge < -0.3 is 4.74 Å². The summed E-state index contributed by atoms with van der Waals surface area (Å²) in [6, 6.07) is 0. The zero-order chi connectivity index (χ0) is 8.77. The molecule has 2 atom stereocenters. The van der Waals surface area contributed by atoms with Crippen LogP contribution in [0.25, 0.3) is 0 Å². The summed E-state index contributed by atoms with van der Waals surface area (Å²) in [6.45, 7) is 8.39. The van der Waals surface area contributed by atoms with Gasteiger partial charge in [0, 0.05) is 23.2 Å². The van der Waals surface area contributed by atoms with Gasteiger partial charge in [-0.15, -0.1) is 0 Å². The molecule has 2 unspecified atom stereocenters. The average molecular weight is 164 g/mol. The molecule has 0 N–H and O–H groups in total. The van der Waals surface area contributed by atoms with E-state index in [9.17, 15) is 0 Å². The van der Waals surface area contributed by atoms with Crippen molar-refractivity contribution in [3.63, 3.8) is 0 Å². The van der Waals surface area contributed by atoms with E-state index in [1.54, 1.807) is 0 Å². The highest BCUT2D eigenvalue weighted by Gasteiger charge is 2.53. The lowest BCUT2D eigenvalue weighted by atomic mass is 9.97. The third-order valence-electron chi connectivity index (χ3n) is 2.57. The number of ether oxygens (including phenoxy) is 1. The number of rotatable bonds is 0. The second-order valence-corrected chi connectivity index (χ2v) is 4.91. The molecule has 1 heterocycles. The van der Waals surface area contributed by atoms with Crippen LogP contribution >= 0.6 is 0 Å². The van der Waals surface area contributed by atoms with Crippen LogP contribution < -0.4 is 0 Å². The van der Waals surface area contributed by atoms with Crippen molar-refractivity contribution in [3.05, 3.63) is 0 Å². The van der Waals surface area contributed by atoms with E-state index in [1.807, 2.05) is 0 Å². The molecule has 1 aliphatic heterocycles. The van der Waals surface area contributed by atoms with Gasteiger partial charge in [0.05, 0.1) is 13.2 Å². The minimum atomic E-state index is 0.164. The summed E-state index contributed by atoms with van der Waals surface area (Å²) < 4.78 is 5.30. The van der Waals surface area contributed by atoms with Gasteiger partial charge >= 0.3 is 0 Å². The Morgan fingerprint density at radius 2 is 1.75 bits per heavy atom. The molecule has 0 aromatic rings. The van der Waals surface area contributed by atoms with Crippen LogP contribution in [-0.2, 0) is 4.74 Å². The van der Waals surface area contributed by atoms with Gasteiger partial charge in [0.15, 0.2) is 0 Å². The molecule has 12 heavy (non-hydrogen) atoms. The van der Waals surface area contributed by atoms with Gasteiger partial charge in [0.1, 0.15) is 0 Å². The predicted molar refractivity (Wildman–Crippen MR) is 48.5 cm³/mol. The van der Waals surface area contributed by atoms with E-state index in [1.165, 1.54) is 0 Å². The van der Waals surface area contributed by atoms with Gasteiger partial charge in [-0.1, -0.05) is 11.8 Å². The number of hydrogen-bond acceptors (Lipinski definition) is 1. The summed E-state index contributed by atoms with van der Waals surface area (Å²) in [7, 11) is 0. The van der Waals surface area contributed by atoms with Crippen molar-refractivity contribution in [1.82, 2.24) is 0 Å². The Kier molecular flexibility index (Phi) is 1.70. The molecular weight excluding hydrogens is 148 g/mol. The molecule has 0 aromatic heterocycles. The van der Waals surface area contributed by atoms with Crippen molar-refractivity contribution in [2.45, 2.75) is 20.8 Å². The first-order valence-corrected chi connectivity index (χ1v) is 4.68. The van der Waals surface area contributed by atoms with Crippen LogP contribution in [0.15, 0.2) is 0 Å². The van der Waals surface area contributed by atoms with Gasteiger partial charge in [-0.2, -0.15) is 0 Å². The highest BCUT2D eigenvalue weighted by molar-refractivity contribution is 5.21. The Balaban J connectivity index is 1.93. The Morgan fingerprint density at radius 3 is 2.25 bits per heavy atom. The maximum Gasteiger partial charge on any atom is 0.0510 e. The molecule has 0 bridgehead atoms. The molecule has 66 valence electrons. The molecule has 2 aliphatic rings. The van der Waals surface area contributed by atoms with Crippen LogP contribution in [0.3, 0.4) is 0 Å². The van der Waals surface area contributed by atoms with Crippen molar-refractivity contribution in [2.24, 2.45) is 23.2 Å². The third kappa shape index (κ3) is 1.49. The number of fused-ring (bicyclic) bond motifs is 1. The second kappa shape index (κ2) is 2.50. The minimum absolute atomic E-state index is 0.164. The first-order valence-electron chi connectivity index (χ1n) is 4.68. The highest BCUT2D eigenvalue weighted by Crippen LogP contribution is 2.50. The van der Waals surface area contributed by atoms with Crippen molar-refractivity contribution >= 4 is 0 Å². The molecular formula is C11H16O. The zero-order valence-corrected chi connectivity index (χ0v) is 8.05. The van der Waals surface area contributed by atoms with Gasteiger partial charge in [-0.25, -0.2) is 0 Å². The molecule has 1 heteroatoms. The van der Waals surface area contributed by atoms with Crippen LogP contribution in [0, 0.1) is 35.0 Å². The lowest BCUT2D eigenvalue weighted by molar-refractivity contribution is 0.158. The van der Waals surface area contributed by atoms with E-state index in [-0.39, 0.29) is 5.41 Å². The summed E-state index contributed by atoms with van der Waals surface area (Å²) in [5.74, 6) is 8.90. The monoisotopic (exact) mass is 164 g/mol. The average Bonchev–Trinajstić information content (AvgIpc) is 2.41. The number of hydrogen-bond donors (Lipinski definition) is 0. The summed E-state index contributed by atoms with van der Waals surface area (Å²) in [6.07, 6.45) is 0. The SMILES string of the molecule is CC(C)(C)C#CC1C2COCC12. The van der Waals surface area contributed by atoms with Crippen molar-refractivity contribution in [2.75, 3.05) is 13.2 Å². The van der Waals surface area contributed by atoms with Crippen LogP contribution in [-0.4, -0.2) is 13.2 Å². The van der Waals surface area contributed by atoms with Crippen LogP contribution in [0.5, 0.6) is 0 Å². The largest absolute Gasteiger partial charge is 0.381 e. The van der Waals surface area contributed by atoms with Crippen LogP contribution in [0.2, 0.25) is 0 Å². The Labute approximate surface area is 74.5 Å². The van der Waals surface area contributed by atoms with Crippen LogP contribution in [0.1, 0.15) is 20.8 Å². The summed E-state index contributed by atoms with van der Waals surface area (Å²) in [4.78, 5) is 0. The molecule has 1 nitrogen and oxygen atoms in total. The van der Waals surface area contributed by atoms with Crippen molar-refractivity contribution < 1.29 is 4.74 Å². The molecule has 1 aliphatic carbocycles. The van der Waals surface area contributed by atoms with E-state index >= 15 is 0 Å². The molecule has 0 radical (unpaired) electrons. The maximum atomic E-state index is 5.30. The van der Waals surface area contributed by atoms with Gasteiger partial charge in [-0.3, -0.25) is 0 Å². The van der Waals surface area contributed by atoms with Crippen LogP contribution in [0.4, 0.5) is 0 Å². The summed E-state index contributed by atoms with van der Waals surface area (Å²) >= 11 is 0. The first-order chi connectivity index (χ1) is 5.58. The topological polar surface area (TPSA) is 9.23 Å². The normalized spacial score (nSPS) is 38.4. The lowest BCUT2D eigenvalue weighted by Crippen LogP contribution is -2.01. The molecule has 1 saturated heterocycles. The smallest absolute Gasteiger partial charge is 0.0510 e. The second-order valence-electron chi connectivity index (χ2n) is 4.91. The maximum absolute atomic E-state index is 5.30. The summed E-state index contributed by atoms with van der Waals surface area (Å²) in [5, 5.41) is 0. The predicted octanol–water partition coefficient (Wildman–Crippen LogP) is 1.93. The fourth-order valence-electron chi connectivity index (χ4n) is 1.75. The van der Waals surface area contributed by atoms with E-state index in [2.05, 4.69) is 32.6 Å². The Hall–Kier alpha value is -0.480. The Morgan fingerprint density at radius 1 is 1.17 bits per heavy atom. The van der Waals surface area contributed by atoms with Gasteiger partial charge in [0.25, 0.3) is 0 Å². The molecule has 0 spiro atoms. The molecule has 0 amide bonds.